The van der Waals surface area contributed by atoms with E-state index in [0.29, 0.717) is 0 Å². The molecule has 1 aliphatic carbocycles. The minimum absolute atomic E-state index is 0.899. The van der Waals surface area contributed by atoms with Crippen LogP contribution in [0.4, 0.5) is 0 Å². The van der Waals surface area contributed by atoms with Crippen LogP contribution in [-0.4, -0.2) is 14.2 Å². The summed E-state index contributed by atoms with van der Waals surface area (Å²) in [6.45, 7) is 0. The van der Waals surface area contributed by atoms with Crippen LogP contribution in [0, 0.1) is 0 Å². The van der Waals surface area contributed by atoms with Crippen molar-refractivity contribution >= 4 is 10.8 Å². The zero-order chi connectivity index (χ0) is 14.4. The van der Waals surface area contributed by atoms with Gasteiger partial charge in [-0.25, -0.2) is 0 Å². The molecule has 0 bridgehead atoms. The van der Waals surface area contributed by atoms with E-state index >= 15 is 0 Å². The lowest BCUT2D eigenvalue weighted by molar-refractivity contribution is 0.409. The molecule has 104 valence electrons. The van der Waals surface area contributed by atoms with Gasteiger partial charge in [-0.1, -0.05) is 48.5 Å². The molecule has 0 spiro atoms. The molecule has 0 N–H and O–H groups in total. The summed E-state index contributed by atoms with van der Waals surface area (Å²) in [6.07, 6.45) is 0.899. The molecule has 0 fully saturated rings. The molecule has 0 heterocycles. The Kier molecular flexibility index (Phi) is 2.64. The molecule has 0 radical (unpaired) electrons. The summed E-state index contributed by atoms with van der Waals surface area (Å²) in [4.78, 5) is 0. The van der Waals surface area contributed by atoms with Crippen molar-refractivity contribution in [2.75, 3.05) is 14.2 Å². The molecule has 2 heteroatoms. The third-order valence-corrected chi connectivity index (χ3v) is 4.28. The van der Waals surface area contributed by atoms with Crippen LogP contribution in [0.15, 0.2) is 48.5 Å². The van der Waals surface area contributed by atoms with Crippen molar-refractivity contribution in [2.45, 2.75) is 6.42 Å². The van der Waals surface area contributed by atoms with Gasteiger partial charge in [-0.2, -0.15) is 0 Å². The second-order valence-electron chi connectivity index (χ2n) is 5.30. The van der Waals surface area contributed by atoms with Gasteiger partial charge in [0.05, 0.1) is 14.2 Å². The Labute approximate surface area is 123 Å². The first kappa shape index (κ1) is 12.3. The van der Waals surface area contributed by atoms with Crippen LogP contribution < -0.4 is 9.47 Å². The van der Waals surface area contributed by atoms with Gasteiger partial charge >= 0.3 is 0 Å². The van der Waals surface area contributed by atoms with Gasteiger partial charge in [0.1, 0.15) is 11.5 Å². The molecule has 3 aromatic carbocycles. The Hall–Kier alpha value is -2.48. The van der Waals surface area contributed by atoms with Crippen molar-refractivity contribution in [3.8, 4) is 22.6 Å². The molecular formula is C19H16O2. The molecule has 1 aliphatic rings. The maximum atomic E-state index is 5.77. The fourth-order valence-electron chi connectivity index (χ4n) is 3.43. The summed E-state index contributed by atoms with van der Waals surface area (Å²) in [7, 11) is 3.49. The predicted molar refractivity (Wildman–Crippen MR) is 85.3 cm³/mol. The molecule has 0 saturated carbocycles. The first-order valence-corrected chi connectivity index (χ1v) is 7.09. The Balaban J connectivity index is 2.19. The zero-order valence-electron chi connectivity index (χ0n) is 12.1. The van der Waals surface area contributed by atoms with Gasteiger partial charge < -0.3 is 9.47 Å². The molecule has 21 heavy (non-hydrogen) atoms. The van der Waals surface area contributed by atoms with E-state index in [0.717, 1.165) is 28.7 Å². The summed E-state index contributed by atoms with van der Waals surface area (Å²) in [5, 5.41) is 2.22. The number of hydrogen-bond acceptors (Lipinski definition) is 2. The lowest BCUT2D eigenvalue weighted by Gasteiger charge is -2.16. The molecule has 0 aliphatic heterocycles. The number of fused-ring (bicyclic) bond motifs is 4. The van der Waals surface area contributed by atoms with Crippen molar-refractivity contribution in [3.05, 3.63) is 59.7 Å². The molecule has 3 aromatic rings. The van der Waals surface area contributed by atoms with Crippen molar-refractivity contribution in [2.24, 2.45) is 0 Å². The topological polar surface area (TPSA) is 18.5 Å². The van der Waals surface area contributed by atoms with Gasteiger partial charge in [-0.3, -0.25) is 0 Å². The highest BCUT2D eigenvalue weighted by molar-refractivity contribution is 6.03. The Morgan fingerprint density at radius 1 is 0.762 bits per heavy atom. The second-order valence-corrected chi connectivity index (χ2v) is 5.30. The van der Waals surface area contributed by atoms with E-state index in [9.17, 15) is 0 Å². The highest BCUT2D eigenvalue weighted by Gasteiger charge is 2.28. The maximum Gasteiger partial charge on any atom is 0.135 e. The van der Waals surface area contributed by atoms with E-state index in [2.05, 4.69) is 36.4 Å². The number of ether oxygens (including phenoxy) is 2. The largest absolute Gasteiger partial charge is 0.496 e. The van der Waals surface area contributed by atoms with Crippen molar-refractivity contribution in [1.29, 1.82) is 0 Å². The predicted octanol–water partition coefficient (Wildman–Crippen LogP) is 4.43. The number of hydrogen-bond donors (Lipinski definition) is 0. The molecule has 0 unspecified atom stereocenters. The summed E-state index contributed by atoms with van der Waals surface area (Å²) < 4.78 is 11.5. The van der Waals surface area contributed by atoms with Crippen molar-refractivity contribution in [1.82, 2.24) is 0 Å². The first-order chi connectivity index (χ1) is 10.3. The SMILES string of the molecule is COc1c2c(c(OC)c3ccccc13)-c1ccccc1C2. The van der Waals surface area contributed by atoms with Crippen LogP contribution in [0.1, 0.15) is 11.1 Å². The number of methoxy groups -OCH3 is 2. The Morgan fingerprint density at radius 2 is 1.38 bits per heavy atom. The lowest BCUT2D eigenvalue weighted by Crippen LogP contribution is -1.96. The minimum atomic E-state index is 0.899. The summed E-state index contributed by atoms with van der Waals surface area (Å²) in [5.41, 5.74) is 5.01. The monoisotopic (exact) mass is 276 g/mol. The average molecular weight is 276 g/mol. The molecule has 0 saturated heterocycles. The fourth-order valence-corrected chi connectivity index (χ4v) is 3.43. The van der Waals surface area contributed by atoms with E-state index in [1.54, 1.807) is 14.2 Å². The highest BCUT2D eigenvalue weighted by Crippen LogP contribution is 2.51. The summed E-state index contributed by atoms with van der Waals surface area (Å²) >= 11 is 0. The van der Waals surface area contributed by atoms with Gasteiger partial charge in [0.2, 0.25) is 0 Å². The molecule has 2 nitrogen and oxygen atoms in total. The molecule has 0 atom stereocenters. The van der Waals surface area contributed by atoms with Crippen LogP contribution >= 0.6 is 0 Å². The van der Waals surface area contributed by atoms with E-state index in [-0.39, 0.29) is 0 Å². The molecule has 0 amide bonds. The zero-order valence-corrected chi connectivity index (χ0v) is 12.1. The normalized spacial score (nSPS) is 12.1. The number of rotatable bonds is 2. The van der Waals surface area contributed by atoms with E-state index < -0.39 is 0 Å². The van der Waals surface area contributed by atoms with E-state index in [4.69, 9.17) is 9.47 Å². The third-order valence-electron chi connectivity index (χ3n) is 4.28. The van der Waals surface area contributed by atoms with Crippen LogP contribution in [0.2, 0.25) is 0 Å². The molecule has 0 aromatic heterocycles. The lowest BCUT2D eigenvalue weighted by atomic mass is 9.97. The van der Waals surface area contributed by atoms with Crippen molar-refractivity contribution in [3.63, 3.8) is 0 Å². The standard InChI is InChI=1S/C19H16O2/c1-20-18-14-9-5-6-10-15(14)19(21-2)17-13-8-4-3-7-12(13)11-16(17)18/h3-10H,11H2,1-2H3. The van der Waals surface area contributed by atoms with Crippen LogP contribution in [0.25, 0.3) is 21.9 Å². The van der Waals surface area contributed by atoms with Gasteiger partial charge in [0.25, 0.3) is 0 Å². The first-order valence-electron chi connectivity index (χ1n) is 7.09. The Bertz CT molecular complexity index is 850. The van der Waals surface area contributed by atoms with Gasteiger partial charge in [-0.15, -0.1) is 0 Å². The average Bonchev–Trinajstić information content (AvgIpc) is 2.91. The Morgan fingerprint density at radius 3 is 2.10 bits per heavy atom. The van der Waals surface area contributed by atoms with Crippen molar-refractivity contribution < 1.29 is 9.47 Å². The fraction of sp³-hybridized carbons (Fsp3) is 0.158. The van der Waals surface area contributed by atoms with Crippen LogP contribution in [0.3, 0.4) is 0 Å². The van der Waals surface area contributed by atoms with Gasteiger partial charge in [0.15, 0.2) is 0 Å². The van der Waals surface area contributed by atoms with E-state index in [1.165, 1.54) is 22.3 Å². The van der Waals surface area contributed by atoms with E-state index in [1.807, 2.05) is 12.1 Å². The quantitative estimate of drug-likeness (QED) is 0.539. The van der Waals surface area contributed by atoms with Gasteiger partial charge in [-0.05, 0) is 11.1 Å². The highest BCUT2D eigenvalue weighted by atomic mass is 16.5. The summed E-state index contributed by atoms with van der Waals surface area (Å²) in [5.74, 6) is 1.92. The van der Waals surface area contributed by atoms with Gasteiger partial charge in [0, 0.05) is 28.3 Å². The second kappa shape index (κ2) is 4.52. The smallest absolute Gasteiger partial charge is 0.135 e. The summed E-state index contributed by atoms with van der Waals surface area (Å²) in [6, 6.07) is 16.8. The molecule has 4 rings (SSSR count). The third kappa shape index (κ3) is 1.59. The number of benzene rings is 3. The van der Waals surface area contributed by atoms with Crippen LogP contribution in [-0.2, 0) is 6.42 Å². The molecular weight excluding hydrogens is 260 g/mol. The minimum Gasteiger partial charge on any atom is -0.496 e. The maximum absolute atomic E-state index is 5.77. The van der Waals surface area contributed by atoms with Crippen LogP contribution in [0.5, 0.6) is 11.5 Å².